The Morgan fingerprint density at radius 2 is 2.06 bits per heavy atom. The molecule has 98 valence electrons. The van der Waals surface area contributed by atoms with E-state index in [1.807, 2.05) is 6.92 Å². The van der Waals surface area contributed by atoms with Crippen LogP contribution in [0.2, 0.25) is 0 Å². The highest BCUT2D eigenvalue weighted by Gasteiger charge is 2.25. The summed E-state index contributed by atoms with van der Waals surface area (Å²) in [5.41, 5.74) is 8.06. The molecule has 0 heterocycles. The third-order valence-electron chi connectivity index (χ3n) is 3.78. The van der Waals surface area contributed by atoms with Crippen molar-refractivity contribution < 1.29 is 4.79 Å². The van der Waals surface area contributed by atoms with Crippen LogP contribution in [0.3, 0.4) is 0 Å². The second kappa shape index (κ2) is 5.53. The maximum atomic E-state index is 10.9. The van der Waals surface area contributed by atoms with Crippen LogP contribution in [0.15, 0.2) is 24.3 Å². The van der Waals surface area contributed by atoms with E-state index in [9.17, 15) is 4.79 Å². The molecule has 1 aromatic carbocycles. The van der Waals surface area contributed by atoms with Crippen molar-refractivity contribution in [3.8, 4) is 0 Å². The first-order valence-electron chi connectivity index (χ1n) is 6.71. The minimum Gasteiger partial charge on any atom is -0.370 e. The fraction of sp³-hybridized carbons (Fsp3) is 0.533. The van der Waals surface area contributed by atoms with Gasteiger partial charge in [0, 0.05) is 18.5 Å². The Bertz CT molecular complexity index is 430. The molecule has 0 saturated heterocycles. The zero-order chi connectivity index (χ0) is 13.1. The van der Waals surface area contributed by atoms with Crippen molar-refractivity contribution in [1.29, 1.82) is 0 Å². The summed E-state index contributed by atoms with van der Waals surface area (Å²) in [7, 11) is 0. The van der Waals surface area contributed by atoms with Crippen LogP contribution in [0.25, 0.3) is 0 Å². The molecule has 18 heavy (non-hydrogen) atoms. The van der Waals surface area contributed by atoms with E-state index in [1.54, 1.807) is 0 Å². The fourth-order valence-electron chi connectivity index (χ4n) is 2.88. The standard InChI is InChI=1S/C15H22N2O/c1-10-7-8-14(17-11(2)9-15(16)18)13-6-4-3-5-12(10)13/h3-6,10-11,14,17H,7-9H2,1-2H3,(H2,16,18)/t10-,11-,14-/m1/s1. The molecule has 1 aliphatic carbocycles. The molecule has 1 aromatic rings. The number of nitrogens with one attached hydrogen (secondary N) is 1. The van der Waals surface area contributed by atoms with Gasteiger partial charge in [-0.05, 0) is 36.8 Å². The van der Waals surface area contributed by atoms with Crippen LogP contribution in [0.5, 0.6) is 0 Å². The molecule has 0 fully saturated rings. The van der Waals surface area contributed by atoms with E-state index >= 15 is 0 Å². The van der Waals surface area contributed by atoms with Gasteiger partial charge < -0.3 is 11.1 Å². The van der Waals surface area contributed by atoms with Gasteiger partial charge in [0.15, 0.2) is 0 Å². The van der Waals surface area contributed by atoms with Gasteiger partial charge in [0.1, 0.15) is 0 Å². The zero-order valence-electron chi connectivity index (χ0n) is 11.1. The van der Waals surface area contributed by atoms with Crippen molar-refractivity contribution in [3.05, 3.63) is 35.4 Å². The molecule has 3 N–H and O–H groups in total. The number of carbonyl (C=O) groups is 1. The van der Waals surface area contributed by atoms with Gasteiger partial charge in [-0.2, -0.15) is 0 Å². The highest BCUT2D eigenvalue weighted by molar-refractivity contribution is 5.74. The van der Waals surface area contributed by atoms with E-state index in [-0.39, 0.29) is 11.9 Å². The minimum atomic E-state index is -0.243. The summed E-state index contributed by atoms with van der Waals surface area (Å²) in [4.78, 5) is 10.9. The summed E-state index contributed by atoms with van der Waals surface area (Å²) in [6.45, 7) is 4.30. The summed E-state index contributed by atoms with van der Waals surface area (Å²) in [5, 5.41) is 3.53. The Labute approximate surface area is 109 Å². The Morgan fingerprint density at radius 1 is 1.39 bits per heavy atom. The molecule has 0 spiro atoms. The highest BCUT2D eigenvalue weighted by Crippen LogP contribution is 2.37. The molecule has 0 bridgehead atoms. The largest absolute Gasteiger partial charge is 0.370 e. The van der Waals surface area contributed by atoms with Crippen molar-refractivity contribution in [2.45, 2.75) is 51.1 Å². The molecule has 3 nitrogen and oxygen atoms in total. The maximum absolute atomic E-state index is 10.9. The van der Waals surface area contributed by atoms with Gasteiger partial charge in [0.05, 0.1) is 0 Å². The number of nitrogens with two attached hydrogens (primary N) is 1. The molecule has 0 radical (unpaired) electrons. The molecule has 0 saturated carbocycles. The molecule has 1 aliphatic rings. The lowest BCUT2D eigenvalue weighted by molar-refractivity contribution is -0.118. The van der Waals surface area contributed by atoms with Crippen LogP contribution in [0.1, 0.15) is 56.2 Å². The number of amides is 1. The van der Waals surface area contributed by atoms with Crippen LogP contribution in [0, 0.1) is 0 Å². The zero-order valence-corrected chi connectivity index (χ0v) is 11.1. The molecule has 3 atom stereocenters. The first kappa shape index (κ1) is 13.1. The molecular formula is C15H22N2O. The number of hydrogen-bond acceptors (Lipinski definition) is 2. The van der Waals surface area contributed by atoms with Crippen molar-refractivity contribution in [2.24, 2.45) is 5.73 Å². The Kier molecular flexibility index (Phi) is 4.02. The predicted octanol–water partition coefficient (Wildman–Crippen LogP) is 2.48. The Hall–Kier alpha value is -1.35. The van der Waals surface area contributed by atoms with E-state index < -0.39 is 0 Å². The predicted molar refractivity (Wildman–Crippen MR) is 73.2 cm³/mol. The molecule has 2 rings (SSSR count). The van der Waals surface area contributed by atoms with E-state index in [0.717, 1.165) is 6.42 Å². The van der Waals surface area contributed by atoms with E-state index in [4.69, 9.17) is 5.73 Å². The number of hydrogen-bond donors (Lipinski definition) is 2. The van der Waals surface area contributed by atoms with Gasteiger partial charge in [-0.1, -0.05) is 31.2 Å². The molecule has 0 unspecified atom stereocenters. The topological polar surface area (TPSA) is 55.1 Å². The monoisotopic (exact) mass is 246 g/mol. The van der Waals surface area contributed by atoms with Crippen molar-refractivity contribution in [3.63, 3.8) is 0 Å². The third-order valence-corrected chi connectivity index (χ3v) is 3.78. The minimum absolute atomic E-state index is 0.133. The van der Waals surface area contributed by atoms with Crippen molar-refractivity contribution >= 4 is 5.91 Å². The van der Waals surface area contributed by atoms with E-state index in [0.29, 0.717) is 18.4 Å². The average molecular weight is 246 g/mol. The quantitative estimate of drug-likeness (QED) is 0.857. The summed E-state index contributed by atoms with van der Waals surface area (Å²) >= 11 is 0. The van der Waals surface area contributed by atoms with Gasteiger partial charge in [0.2, 0.25) is 5.91 Å². The van der Waals surface area contributed by atoms with Crippen molar-refractivity contribution in [1.82, 2.24) is 5.32 Å². The number of rotatable bonds is 4. The van der Waals surface area contributed by atoms with E-state index in [2.05, 4.69) is 36.5 Å². The first-order valence-corrected chi connectivity index (χ1v) is 6.71. The molecule has 0 aliphatic heterocycles. The van der Waals surface area contributed by atoms with Crippen molar-refractivity contribution in [2.75, 3.05) is 0 Å². The van der Waals surface area contributed by atoms with Crippen LogP contribution < -0.4 is 11.1 Å². The summed E-state index contributed by atoms with van der Waals surface area (Å²) in [6.07, 6.45) is 2.72. The van der Waals surface area contributed by atoms with Gasteiger partial charge >= 0.3 is 0 Å². The van der Waals surface area contributed by atoms with Gasteiger partial charge in [0.25, 0.3) is 0 Å². The van der Waals surface area contributed by atoms with Crippen LogP contribution in [-0.4, -0.2) is 11.9 Å². The van der Waals surface area contributed by atoms with Gasteiger partial charge in [-0.3, -0.25) is 4.79 Å². The molecule has 0 aromatic heterocycles. The van der Waals surface area contributed by atoms with Gasteiger partial charge in [-0.25, -0.2) is 0 Å². The summed E-state index contributed by atoms with van der Waals surface area (Å²) in [6, 6.07) is 9.09. The fourth-order valence-corrected chi connectivity index (χ4v) is 2.88. The lowest BCUT2D eigenvalue weighted by Crippen LogP contribution is -2.35. The second-order valence-electron chi connectivity index (χ2n) is 5.40. The number of primary amides is 1. The number of carbonyl (C=O) groups excluding carboxylic acids is 1. The van der Waals surface area contributed by atoms with Gasteiger partial charge in [-0.15, -0.1) is 0 Å². The molecule has 3 heteroatoms. The summed E-state index contributed by atoms with van der Waals surface area (Å²) in [5.74, 6) is 0.387. The highest BCUT2D eigenvalue weighted by atomic mass is 16.1. The first-order chi connectivity index (χ1) is 8.58. The second-order valence-corrected chi connectivity index (χ2v) is 5.40. The normalized spacial score (nSPS) is 24.3. The Morgan fingerprint density at radius 3 is 2.72 bits per heavy atom. The van der Waals surface area contributed by atoms with Crippen LogP contribution in [0.4, 0.5) is 0 Å². The molecule has 1 amide bonds. The smallest absolute Gasteiger partial charge is 0.218 e. The maximum Gasteiger partial charge on any atom is 0.218 e. The number of fused-ring (bicyclic) bond motifs is 1. The van der Waals surface area contributed by atoms with E-state index in [1.165, 1.54) is 17.5 Å². The van der Waals surface area contributed by atoms with Crippen LogP contribution in [-0.2, 0) is 4.79 Å². The average Bonchev–Trinajstić information content (AvgIpc) is 2.32. The summed E-state index contributed by atoms with van der Waals surface area (Å²) < 4.78 is 0. The SMILES string of the molecule is C[C@H](CC(N)=O)N[C@@H]1CC[C@@H](C)c2ccccc21. The third kappa shape index (κ3) is 2.91. The Balaban J connectivity index is 2.11. The van der Waals surface area contributed by atoms with Crippen LogP contribution >= 0.6 is 0 Å². The lowest BCUT2D eigenvalue weighted by atomic mass is 9.81. The number of benzene rings is 1. The lowest BCUT2D eigenvalue weighted by Gasteiger charge is -2.32. The molecular weight excluding hydrogens is 224 g/mol.